The number of nitrogens with zero attached hydrogens (tertiary/aromatic N) is 4. The molecule has 1 aliphatic heterocycles. The first-order chi connectivity index (χ1) is 22.3. The summed E-state index contributed by atoms with van der Waals surface area (Å²) in [5.74, 6) is -0.258. The minimum atomic E-state index is -0.548. The standard InChI is InChI=1S/C33H43ClN6O4.C2H6/c1-5-36-30-22(2)17-27(31(37-29(41)20-43-4)28-19-35-21-38(28)3)26-18-23(34)11-12-25(26)32(30)39-13-15-40(16-14-39)33(42)44-24-9-7-6-8-10-24;1-2/h5,11-12,17-19,21,24,30-32,36H,1-2,6-10,13-16,20H2,3-4H3,(H,37,41);1-2H3. The predicted molar refractivity (Wildman–Crippen MR) is 182 cm³/mol. The number of methoxy groups -OCH3 is 1. The number of amides is 2. The van der Waals surface area contributed by atoms with Crippen molar-refractivity contribution in [3.63, 3.8) is 0 Å². The van der Waals surface area contributed by atoms with Gasteiger partial charge in [-0.3, -0.25) is 9.69 Å². The number of benzene rings is 1. The second-order valence-electron chi connectivity index (χ2n) is 11.7. The number of carbonyl (C=O) groups excluding carboxylic acids is 2. The average molecular weight is 653 g/mol. The van der Waals surface area contributed by atoms with Gasteiger partial charge in [0, 0.05) is 45.4 Å². The average Bonchev–Trinajstić information content (AvgIpc) is 3.45. The number of aromatic nitrogens is 2. The van der Waals surface area contributed by atoms with Gasteiger partial charge in [0.2, 0.25) is 5.91 Å². The number of halogens is 1. The molecule has 0 spiro atoms. The van der Waals surface area contributed by atoms with Gasteiger partial charge in [-0.05, 0) is 66.3 Å². The van der Waals surface area contributed by atoms with Crippen molar-refractivity contribution >= 4 is 29.2 Å². The van der Waals surface area contributed by atoms with Crippen LogP contribution in [-0.2, 0) is 21.3 Å². The maximum absolute atomic E-state index is 13.0. The van der Waals surface area contributed by atoms with E-state index in [0.717, 1.165) is 53.7 Å². The largest absolute Gasteiger partial charge is 0.446 e. The minimum absolute atomic E-state index is 0.0264. The lowest BCUT2D eigenvalue weighted by molar-refractivity contribution is -0.125. The fraction of sp³-hybridized carbons (Fsp3) is 0.514. The number of piperazine rings is 1. The molecule has 10 nitrogen and oxygen atoms in total. The number of rotatable bonds is 9. The van der Waals surface area contributed by atoms with E-state index in [1.54, 1.807) is 18.7 Å². The molecule has 46 heavy (non-hydrogen) atoms. The number of imidazole rings is 1. The summed E-state index contributed by atoms with van der Waals surface area (Å²) < 4.78 is 12.9. The van der Waals surface area contributed by atoms with Gasteiger partial charge in [-0.1, -0.05) is 57.2 Å². The van der Waals surface area contributed by atoms with Gasteiger partial charge >= 0.3 is 6.09 Å². The zero-order valence-electron chi connectivity index (χ0n) is 27.6. The smallest absolute Gasteiger partial charge is 0.410 e. The summed E-state index contributed by atoms with van der Waals surface area (Å²) in [6, 6.07) is 4.96. The minimum Gasteiger partial charge on any atom is -0.446 e. The zero-order chi connectivity index (χ0) is 33.2. The molecule has 1 saturated carbocycles. The second kappa shape index (κ2) is 16.8. The van der Waals surface area contributed by atoms with Gasteiger partial charge in [-0.15, -0.1) is 0 Å². The van der Waals surface area contributed by atoms with Crippen LogP contribution < -0.4 is 10.6 Å². The highest BCUT2D eigenvalue weighted by atomic mass is 35.5. The van der Waals surface area contributed by atoms with E-state index in [0.29, 0.717) is 31.2 Å². The van der Waals surface area contributed by atoms with Crippen molar-refractivity contribution in [2.45, 2.75) is 70.2 Å². The van der Waals surface area contributed by atoms with Crippen LogP contribution in [0.2, 0.25) is 5.02 Å². The highest BCUT2D eigenvalue weighted by Gasteiger charge is 2.39. The first-order valence-corrected chi connectivity index (χ1v) is 16.7. The van der Waals surface area contributed by atoms with E-state index in [-0.39, 0.29) is 36.8 Å². The van der Waals surface area contributed by atoms with E-state index >= 15 is 0 Å². The van der Waals surface area contributed by atoms with Crippen LogP contribution in [0.5, 0.6) is 0 Å². The van der Waals surface area contributed by atoms with E-state index in [1.807, 2.05) is 54.6 Å². The Kier molecular flexibility index (Phi) is 12.9. The third kappa shape index (κ3) is 8.21. The molecule has 1 aromatic carbocycles. The number of carbonyl (C=O) groups is 2. The van der Waals surface area contributed by atoms with Crippen LogP contribution in [0.1, 0.15) is 74.9 Å². The summed E-state index contributed by atoms with van der Waals surface area (Å²) in [6.45, 7) is 14.8. The Hall–Kier alpha value is -3.60. The Morgan fingerprint density at radius 3 is 2.50 bits per heavy atom. The Morgan fingerprint density at radius 1 is 1.15 bits per heavy atom. The van der Waals surface area contributed by atoms with Gasteiger partial charge in [0.1, 0.15) is 12.7 Å². The molecule has 2 aromatic rings. The molecule has 250 valence electrons. The van der Waals surface area contributed by atoms with Gasteiger partial charge in [0.05, 0.1) is 36.3 Å². The number of aryl methyl sites for hydroxylation is 1. The highest BCUT2D eigenvalue weighted by Crippen LogP contribution is 2.43. The number of ether oxygens (including phenoxy) is 2. The molecule has 5 rings (SSSR count). The van der Waals surface area contributed by atoms with Gasteiger partial charge in [0.25, 0.3) is 0 Å². The molecule has 3 atom stereocenters. The van der Waals surface area contributed by atoms with Gasteiger partial charge < -0.3 is 29.6 Å². The Balaban J connectivity index is 0.00000235. The first kappa shape index (κ1) is 35.3. The summed E-state index contributed by atoms with van der Waals surface area (Å²) >= 11 is 6.63. The Labute approximate surface area is 278 Å². The van der Waals surface area contributed by atoms with Crippen molar-refractivity contribution in [2.75, 3.05) is 39.9 Å². The summed E-state index contributed by atoms with van der Waals surface area (Å²) in [5, 5.41) is 7.17. The summed E-state index contributed by atoms with van der Waals surface area (Å²) in [5.41, 5.74) is 4.40. The number of nitrogens with one attached hydrogen (secondary N) is 2. The van der Waals surface area contributed by atoms with Gasteiger partial charge in [0.15, 0.2) is 0 Å². The molecular weight excluding hydrogens is 604 g/mol. The van der Waals surface area contributed by atoms with Crippen molar-refractivity contribution in [2.24, 2.45) is 7.05 Å². The third-order valence-corrected chi connectivity index (χ3v) is 9.06. The molecule has 1 saturated heterocycles. The molecule has 2 heterocycles. The van der Waals surface area contributed by atoms with Crippen LogP contribution in [0.3, 0.4) is 0 Å². The van der Waals surface area contributed by atoms with Gasteiger partial charge in [-0.2, -0.15) is 0 Å². The van der Waals surface area contributed by atoms with E-state index in [1.165, 1.54) is 13.5 Å². The molecule has 3 unspecified atom stereocenters. The van der Waals surface area contributed by atoms with Crippen LogP contribution in [0.25, 0.3) is 5.57 Å². The Morgan fingerprint density at radius 2 is 1.87 bits per heavy atom. The monoisotopic (exact) mass is 652 g/mol. The van der Waals surface area contributed by atoms with Crippen molar-refractivity contribution in [3.05, 3.63) is 83.6 Å². The number of fused-ring (bicyclic) bond motifs is 1. The van der Waals surface area contributed by atoms with Crippen LogP contribution in [-0.4, -0.2) is 83.4 Å². The second-order valence-corrected chi connectivity index (χ2v) is 12.2. The van der Waals surface area contributed by atoms with Crippen molar-refractivity contribution < 1.29 is 19.1 Å². The van der Waals surface area contributed by atoms with Crippen molar-refractivity contribution in [1.82, 2.24) is 30.0 Å². The topological polar surface area (TPSA) is 101 Å². The molecule has 3 aliphatic rings. The lowest BCUT2D eigenvalue weighted by Crippen LogP contribution is -2.53. The molecule has 2 aliphatic carbocycles. The molecule has 0 radical (unpaired) electrons. The highest BCUT2D eigenvalue weighted by molar-refractivity contribution is 6.30. The fourth-order valence-corrected chi connectivity index (χ4v) is 6.80. The third-order valence-electron chi connectivity index (χ3n) is 8.83. The summed E-state index contributed by atoms with van der Waals surface area (Å²) in [7, 11) is 3.39. The van der Waals surface area contributed by atoms with Crippen molar-refractivity contribution in [1.29, 1.82) is 0 Å². The first-order valence-electron chi connectivity index (χ1n) is 16.3. The number of hydrogen-bond donors (Lipinski definition) is 2. The molecule has 2 N–H and O–H groups in total. The lowest BCUT2D eigenvalue weighted by Gasteiger charge is -2.42. The molecule has 1 aromatic heterocycles. The molecule has 2 fully saturated rings. The fourth-order valence-electron chi connectivity index (χ4n) is 6.63. The van der Waals surface area contributed by atoms with E-state index in [4.69, 9.17) is 21.1 Å². The van der Waals surface area contributed by atoms with Crippen LogP contribution in [0.4, 0.5) is 4.79 Å². The van der Waals surface area contributed by atoms with Crippen LogP contribution in [0.15, 0.2) is 61.7 Å². The quantitative estimate of drug-likeness (QED) is 0.354. The zero-order valence-corrected chi connectivity index (χ0v) is 28.4. The van der Waals surface area contributed by atoms with Crippen LogP contribution in [0, 0.1) is 0 Å². The van der Waals surface area contributed by atoms with E-state index < -0.39 is 6.04 Å². The molecular formula is C35H49ClN6O4. The van der Waals surface area contributed by atoms with Gasteiger partial charge in [-0.25, -0.2) is 9.78 Å². The Bertz CT molecular complexity index is 1390. The molecule has 2 amide bonds. The SMILES string of the molecule is C=CNC1C(=C)C=C(C(NC(=O)COC)c2cncn2C)c2cc(Cl)ccc2C1N1CCN(C(=O)OC2CCCCC2)CC1.CC. The maximum Gasteiger partial charge on any atom is 0.410 e. The normalized spacial score (nSPS) is 21.1. The predicted octanol–water partition coefficient (Wildman–Crippen LogP) is 5.79. The van der Waals surface area contributed by atoms with E-state index in [9.17, 15) is 9.59 Å². The van der Waals surface area contributed by atoms with E-state index in [2.05, 4.69) is 33.7 Å². The van der Waals surface area contributed by atoms with Crippen LogP contribution >= 0.6 is 11.6 Å². The maximum atomic E-state index is 13.0. The molecule has 0 bridgehead atoms. The lowest BCUT2D eigenvalue weighted by atomic mass is 9.89. The summed E-state index contributed by atoms with van der Waals surface area (Å²) in [4.78, 5) is 34.5. The summed E-state index contributed by atoms with van der Waals surface area (Å²) in [6.07, 6.45) is 12.3. The molecule has 11 heteroatoms. The van der Waals surface area contributed by atoms with Crippen molar-refractivity contribution in [3.8, 4) is 0 Å². The number of hydrogen-bond acceptors (Lipinski definition) is 7.